The Hall–Kier alpha value is -2.62. The molecule has 1 N–H and O–H groups in total. The highest BCUT2D eigenvalue weighted by Crippen LogP contribution is 2.27. The summed E-state index contributed by atoms with van der Waals surface area (Å²) < 4.78 is 0. The van der Waals surface area contributed by atoms with Crippen LogP contribution in [0.1, 0.15) is 50.3 Å². The molecular weight excluding hydrogens is 336 g/mol. The number of carbonyl (C=O) groups is 2. The summed E-state index contributed by atoms with van der Waals surface area (Å²) in [4.78, 5) is 27.7. The van der Waals surface area contributed by atoms with Crippen molar-refractivity contribution in [2.24, 2.45) is 5.41 Å². The van der Waals surface area contributed by atoms with Gasteiger partial charge in [-0.25, -0.2) is 0 Å². The number of benzene rings is 2. The van der Waals surface area contributed by atoms with Gasteiger partial charge in [-0.05, 0) is 55.0 Å². The lowest BCUT2D eigenvalue weighted by Gasteiger charge is -2.34. The van der Waals surface area contributed by atoms with E-state index < -0.39 is 5.41 Å². The molecule has 0 bridgehead atoms. The number of fused-ring (bicyclic) bond motifs is 1. The third-order valence-electron chi connectivity index (χ3n) is 5.36. The van der Waals surface area contributed by atoms with Gasteiger partial charge >= 0.3 is 0 Å². The first-order valence-electron chi connectivity index (χ1n) is 9.56. The zero-order chi connectivity index (χ0) is 19.6. The molecule has 1 aliphatic heterocycles. The van der Waals surface area contributed by atoms with Gasteiger partial charge < -0.3 is 10.2 Å². The van der Waals surface area contributed by atoms with Crippen LogP contribution in [0.5, 0.6) is 0 Å². The molecule has 0 saturated carbocycles. The van der Waals surface area contributed by atoms with Crippen molar-refractivity contribution >= 4 is 17.5 Å². The zero-order valence-electron chi connectivity index (χ0n) is 16.6. The van der Waals surface area contributed by atoms with Crippen LogP contribution in [-0.4, -0.2) is 23.3 Å². The maximum atomic E-state index is 13.1. The van der Waals surface area contributed by atoms with E-state index in [1.54, 1.807) is 18.7 Å². The first kappa shape index (κ1) is 19.2. The minimum absolute atomic E-state index is 0.131. The second-order valence-electron chi connectivity index (χ2n) is 8.10. The van der Waals surface area contributed by atoms with Crippen molar-refractivity contribution in [2.45, 2.75) is 46.6 Å². The molecule has 0 aliphatic carbocycles. The average molecular weight is 364 g/mol. The van der Waals surface area contributed by atoms with Crippen LogP contribution in [-0.2, 0) is 22.6 Å². The van der Waals surface area contributed by atoms with Crippen LogP contribution in [0.25, 0.3) is 0 Å². The highest BCUT2D eigenvalue weighted by molar-refractivity contribution is 6.09. The van der Waals surface area contributed by atoms with Crippen LogP contribution in [0.2, 0.25) is 0 Å². The minimum atomic E-state index is -1.12. The second kappa shape index (κ2) is 7.55. The molecule has 2 amide bonds. The molecule has 2 aromatic rings. The molecule has 4 nitrogen and oxygen atoms in total. The van der Waals surface area contributed by atoms with Gasteiger partial charge in [0.25, 0.3) is 0 Å². The summed E-state index contributed by atoms with van der Waals surface area (Å²) in [5, 5.41) is 2.90. The Balaban J connectivity index is 1.69. The Morgan fingerprint density at radius 2 is 1.63 bits per heavy atom. The van der Waals surface area contributed by atoms with E-state index in [0.29, 0.717) is 24.7 Å². The van der Waals surface area contributed by atoms with Gasteiger partial charge in [-0.1, -0.05) is 50.2 Å². The number of nitrogens with zero attached hydrogens (tertiary/aromatic N) is 1. The van der Waals surface area contributed by atoms with Gasteiger partial charge in [-0.15, -0.1) is 0 Å². The molecular formula is C23H28N2O2. The van der Waals surface area contributed by atoms with Crippen LogP contribution < -0.4 is 5.32 Å². The van der Waals surface area contributed by atoms with Crippen LogP contribution in [0, 0.1) is 5.41 Å². The first-order valence-corrected chi connectivity index (χ1v) is 9.56. The highest BCUT2D eigenvalue weighted by atomic mass is 16.2. The Morgan fingerprint density at radius 3 is 2.26 bits per heavy atom. The Bertz CT molecular complexity index is 838. The van der Waals surface area contributed by atoms with Gasteiger partial charge in [0, 0.05) is 18.8 Å². The molecule has 0 saturated heterocycles. The van der Waals surface area contributed by atoms with E-state index in [1.165, 1.54) is 11.1 Å². The summed E-state index contributed by atoms with van der Waals surface area (Å²) >= 11 is 0. The second-order valence-corrected chi connectivity index (χ2v) is 8.10. The molecule has 142 valence electrons. The number of anilines is 1. The number of amides is 2. The predicted molar refractivity (Wildman–Crippen MR) is 109 cm³/mol. The van der Waals surface area contributed by atoms with Crippen molar-refractivity contribution in [2.75, 3.05) is 11.9 Å². The van der Waals surface area contributed by atoms with Gasteiger partial charge in [0.05, 0.1) is 0 Å². The summed E-state index contributed by atoms with van der Waals surface area (Å²) in [5.74, 6) is 0.0340. The minimum Gasteiger partial charge on any atom is -0.337 e. The van der Waals surface area contributed by atoms with E-state index in [9.17, 15) is 9.59 Å². The number of rotatable bonds is 4. The van der Waals surface area contributed by atoms with Gasteiger partial charge in [0.15, 0.2) is 0 Å². The largest absolute Gasteiger partial charge is 0.337 e. The van der Waals surface area contributed by atoms with Gasteiger partial charge in [0.1, 0.15) is 5.41 Å². The predicted octanol–water partition coefficient (Wildman–Crippen LogP) is 4.36. The van der Waals surface area contributed by atoms with E-state index in [1.807, 2.05) is 36.4 Å². The first-order chi connectivity index (χ1) is 12.8. The Morgan fingerprint density at radius 1 is 1.00 bits per heavy atom. The fraction of sp³-hybridized carbons (Fsp3) is 0.391. The van der Waals surface area contributed by atoms with Crippen molar-refractivity contribution in [3.05, 3.63) is 65.2 Å². The smallest absolute Gasteiger partial charge is 0.239 e. The zero-order valence-corrected chi connectivity index (χ0v) is 16.6. The maximum Gasteiger partial charge on any atom is 0.239 e. The maximum absolute atomic E-state index is 13.1. The molecule has 0 unspecified atom stereocenters. The monoisotopic (exact) mass is 364 g/mol. The molecule has 27 heavy (non-hydrogen) atoms. The molecule has 0 radical (unpaired) electrons. The molecule has 0 fully saturated rings. The summed E-state index contributed by atoms with van der Waals surface area (Å²) in [6, 6.07) is 16.0. The summed E-state index contributed by atoms with van der Waals surface area (Å²) in [7, 11) is 0. The Labute approximate surface area is 161 Å². The van der Waals surface area contributed by atoms with Gasteiger partial charge in [-0.2, -0.15) is 0 Å². The number of hydrogen-bond acceptors (Lipinski definition) is 2. The fourth-order valence-corrected chi connectivity index (χ4v) is 3.40. The molecule has 1 heterocycles. The molecule has 4 heteroatoms. The average Bonchev–Trinajstić information content (AvgIpc) is 2.67. The molecule has 1 aliphatic rings. The number of carbonyl (C=O) groups excluding carboxylic acids is 2. The Kier molecular flexibility index (Phi) is 5.36. The highest BCUT2D eigenvalue weighted by Gasteiger charge is 2.40. The molecule has 0 atom stereocenters. The van der Waals surface area contributed by atoms with Crippen molar-refractivity contribution in [1.29, 1.82) is 0 Å². The molecule has 2 aromatic carbocycles. The molecule has 0 spiro atoms. The van der Waals surface area contributed by atoms with Crippen molar-refractivity contribution in [3.63, 3.8) is 0 Å². The van der Waals surface area contributed by atoms with E-state index >= 15 is 0 Å². The van der Waals surface area contributed by atoms with Crippen LogP contribution in [0.15, 0.2) is 48.5 Å². The third kappa shape index (κ3) is 4.05. The molecule has 0 aromatic heterocycles. The standard InChI is InChI=1S/C23H28N2O2/c1-16(2)17-9-11-20(12-10-17)24-21(26)23(3,4)22(27)25-14-13-18-7-5-6-8-19(18)15-25/h5-12,16H,13-15H2,1-4H3,(H,24,26). The van der Waals surface area contributed by atoms with Crippen LogP contribution in [0.3, 0.4) is 0 Å². The van der Waals surface area contributed by atoms with E-state index in [2.05, 4.69) is 31.3 Å². The van der Waals surface area contributed by atoms with E-state index in [0.717, 1.165) is 12.0 Å². The normalized spacial score (nSPS) is 14.0. The van der Waals surface area contributed by atoms with Crippen LogP contribution in [0.4, 0.5) is 5.69 Å². The fourth-order valence-electron chi connectivity index (χ4n) is 3.40. The van der Waals surface area contributed by atoms with E-state index in [-0.39, 0.29) is 11.8 Å². The topological polar surface area (TPSA) is 49.4 Å². The summed E-state index contributed by atoms with van der Waals surface area (Å²) in [6.07, 6.45) is 0.830. The number of hydrogen-bond donors (Lipinski definition) is 1. The molecule has 3 rings (SSSR count). The lowest BCUT2D eigenvalue weighted by Crippen LogP contribution is -2.48. The van der Waals surface area contributed by atoms with Crippen molar-refractivity contribution in [3.8, 4) is 0 Å². The van der Waals surface area contributed by atoms with Gasteiger partial charge in [-0.3, -0.25) is 9.59 Å². The SMILES string of the molecule is CC(C)c1ccc(NC(=O)C(C)(C)C(=O)N2CCc3ccccc3C2)cc1. The lowest BCUT2D eigenvalue weighted by atomic mass is 9.88. The van der Waals surface area contributed by atoms with Crippen molar-refractivity contribution < 1.29 is 9.59 Å². The summed E-state index contributed by atoms with van der Waals surface area (Å²) in [6.45, 7) is 8.88. The summed E-state index contributed by atoms with van der Waals surface area (Å²) in [5.41, 5.74) is 3.26. The number of nitrogens with one attached hydrogen (secondary N) is 1. The van der Waals surface area contributed by atoms with Crippen molar-refractivity contribution in [1.82, 2.24) is 4.90 Å². The van der Waals surface area contributed by atoms with Crippen LogP contribution >= 0.6 is 0 Å². The quantitative estimate of drug-likeness (QED) is 0.820. The van der Waals surface area contributed by atoms with E-state index in [4.69, 9.17) is 0 Å². The van der Waals surface area contributed by atoms with Gasteiger partial charge in [0.2, 0.25) is 11.8 Å². The third-order valence-corrected chi connectivity index (χ3v) is 5.36. The lowest BCUT2D eigenvalue weighted by molar-refractivity contribution is -0.147.